The normalized spacial score (nSPS) is 10.5. The maximum Gasteiger partial charge on any atom is 0.0565 e. The summed E-state index contributed by atoms with van der Waals surface area (Å²) in [5, 5.41) is 8.90. The van der Waals surface area contributed by atoms with Crippen molar-refractivity contribution in [3.63, 3.8) is 0 Å². The van der Waals surface area contributed by atoms with E-state index < -0.39 is 0 Å². The summed E-state index contributed by atoms with van der Waals surface area (Å²) in [6.07, 6.45) is 0. The zero-order chi connectivity index (χ0) is 6.41. The topological polar surface area (TPSA) is 32.3 Å². The highest BCUT2D eigenvalue weighted by Gasteiger charge is 1.89. The number of nitrogens with one attached hydrogen (secondary N) is 1. The SMILES string of the molecule is CC(C)SNCCO. The Morgan fingerprint density at radius 3 is 2.62 bits per heavy atom. The van der Waals surface area contributed by atoms with Crippen LogP contribution in [0.3, 0.4) is 0 Å². The van der Waals surface area contributed by atoms with E-state index in [1.165, 1.54) is 0 Å². The highest BCUT2D eigenvalue weighted by Crippen LogP contribution is 2.01. The minimum Gasteiger partial charge on any atom is -0.395 e. The van der Waals surface area contributed by atoms with Gasteiger partial charge in [-0.15, -0.1) is 0 Å². The van der Waals surface area contributed by atoms with Crippen LogP contribution < -0.4 is 4.72 Å². The maximum absolute atomic E-state index is 8.30. The van der Waals surface area contributed by atoms with Crippen molar-refractivity contribution in [3.8, 4) is 0 Å². The first-order valence-electron chi connectivity index (χ1n) is 2.76. The molecule has 0 fully saturated rings. The van der Waals surface area contributed by atoms with Gasteiger partial charge in [0.15, 0.2) is 0 Å². The molecule has 0 saturated heterocycles. The van der Waals surface area contributed by atoms with E-state index in [2.05, 4.69) is 18.6 Å². The van der Waals surface area contributed by atoms with Gasteiger partial charge in [0.05, 0.1) is 6.61 Å². The lowest BCUT2D eigenvalue weighted by molar-refractivity contribution is 0.302. The lowest BCUT2D eigenvalue weighted by atomic mass is 10.6. The van der Waals surface area contributed by atoms with Crippen LogP contribution in [0, 0.1) is 0 Å². The Bertz CT molecular complexity index is 49.7. The minimum atomic E-state index is 0.222. The molecule has 0 atom stereocenters. The van der Waals surface area contributed by atoms with Crippen LogP contribution in [0.2, 0.25) is 0 Å². The molecule has 0 aliphatic carbocycles. The molecule has 8 heavy (non-hydrogen) atoms. The van der Waals surface area contributed by atoms with E-state index in [9.17, 15) is 0 Å². The zero-order valence-corrected chi connectivity index (χ0v) is 6.16. The van der Waals surface area contributed by atoms with Crippen molar-refractivity contribution in [1.29, 1.82) is 0 Å². The molecule has 0 bridgehead atoms. The smallest absolute Gasteiger partial charge is 0.0565 e. The van der Waals surface area contributed by atoms with Crippen LogP contribution in [0.25, 0.3) is 0 Å². The van der Waals surface area contributed by atoms with E-state index in [1.54, 1.807) is 11.9 Å². The van der Waals surface area contributed by atoms with Crippen LogP contribution in [0.5, 0.6) is 0 Å². The summed E-state index contributed by atoms with van der Waals surface area (Å²) in [5.74, 6) is 0. The van der Waals surface area contributed by atoms with E-state index in [1.807, 2.05) is 0 Å². The highest BCUT2D eigenvalue weighted by molar-refractivity contribution is 7.97. The van der Waals surface area contributed by atoms with Crippen molar-refractivity contribution in [2.45, 2.75) is 19.1 Å². The molecule has 0 rings (SSSR count). The monoisotopic (exact) mass is 135 g/mol. The van der Waals surface area contributed by atoms with Crippen LogP contribution in [0.1, 0.15) is 13.8 Å². The van der Waals surface area contributed by atoms with Crippen LogP contribution in [0.15, 0.2) is 0 Å². The van der Waals surface area contributed by atoms with Gasteiger partial charge >= 0.3 is 0 Å². The number of aliphatic hydroxyl groups excluding tert-OH is 1. The first-order chi connectivity index (χ1) is 3.77. The molecule has 0 amide bonds. The van der Waals surface area contributed by atoms with Crippen molar-refractivity contribution in [1.82, 2.24) is 4.72 Å². The number of hydrogen-bond acceptors (Lipinski definition) is 3. The molecule has 0 aromatic heterocycles. The molecule has 3 heteroatoms. The number of rotatable bonds is 4. The van der Waals surface area contributed by atoms with E-state index in [0.29, 0.717) is 11.8 Å². The van der Waals surface area contributed by atoms with Gasteiger partial charge < -0.3 is 5.11 Å². The summed E-state index contributed by atoms with van der Waals surface area (Å²) in [6, 6.07) is 0. The molecule has 0 heterocycles. The highest BCUT2D eigenvalue weighted by atomic mass is 32.2. The second-order valence-corrected chi connectivity index (χ2v) is 3.25. The van der Waals surface area contributed by atoms with Crippen LogP contribution in [-0.2, 0) is 0 Å². The fraction of sp³-hybridized carbons (Fsp3) is 1.00. The quantitative estimate of drug-likeness (QED) is 0.438. The Morgan fingerprint density at radius 2 is 2.25 bits per heavy atom. The van der Waals surface area contributed by atoms with Gasteiger partial charge in [-0.2, -0.15) is 0 Å². The largest absolute Gasteiger partial charge is 0.395 e. The summed E-state index contributed by atoms with van der Waals surface area (Å²) >= 11 is 1.65. The molecule has 0 saturated carbocycles. The fourth-order valence-corrected chi connectivity index (χ4v) is 0.814. The molecule has 0 aliphatic heterocycles. The lowest BCUT2D eigenvalue weighted by Gasteiger charge is -2.02. The van der Waals surface area contributed by atoms with Crippen LogP contribution >= 0.6 is 11.9 Å². The van der Waals surface area contributed by atoms with Gasteiger partial charge in [0.2, 0.25) is 0 Å². The predicted octanol–water partition coefficient (Wildman–Crippen LogP) is 0.625. The summed E-state index contributed by atoms with van der Waals surface area (Å²) in [4.78, 5) is 0. The molecule has 0 aliphatic rings. The van der Waals surface area contributed by atoms with E-state index in [4.69, 9.17) is 5.11 Å². The van der Waals surface area contributed by atoms with Gasteiger partial charge in [-0.05, 0) is 0 Å². The minimum absolute atomic E-state index is 0.222. The lowest BCUT2D eigenvalue weighted by Crippen LogP contribution is -2.12. The Labute approximate surface area is 54.8 Å². The third-order valence-electron chi connectivity index (χ3n) is 0.533. The van der Waals surface area contributed by atoms with Gasteiger partial charge in [-0.25, -0.2) is 0 Å². The third kappa shape index (κ3) is 6.27. The van der Waals surface area contributed by atoms with Crippen molar-refractivity contribution in [2.75, 3.05) is 13.2 Å². The molecule has 2 nitrogen and oxygen atoms in total. The maximum atomic E-state index is 8.30. The number of hydrogen-bond donors (Lipinski definition) is 2. The third-order valence-corrected chi connectivity index (χ3v) is 1.38. The Balaban J connectivity index is 2.72. The van der Waals surface area contributed by atoms with Crippen molar-refractivity contribution < 1.29 is 5.11 Å². The molecule has 0 radical (unpaired) electrons. The van der Waals surface area contributed by atoms with Crippen molar-refractivity contribution >= 4 is 11.9 Å². The predicted molar refractivity (Wildman–Crippen MR) is 37.8 cm³/mol. The number of aliphatic hydroxyl groups is 1. The second kappa shape index (κ2) is 5.41. The molecule has 0 spiro atoms. The Kier molecular flexibility index (Phi) is 5.59. The van der Waals surface area contributed by atoms with E-state index >= 15 is 0 Å². The standard InChI is InChI=1S/C5H13NOS/c1-5(2)8-6-3-4-7/h5-7H,3-4H2,1-2H3. The average Bonchev–Trinajstić information content (AvgIpc) is 1.66. The zero-order valence-electron chi connectivity index (χ0n) is 5.35. The molecule has 2 N–H and O–H groups in total. The fourth-order valence-electron chi connectivity index (χ4n) is 0.271. The van der Waals surface area contributed by atoms with Gasteiger partial charge in [-0.3, -0.25) is 4.72 Å². The molecule has 0 aromatic rings. The van der Waals surface area contributed by atoms with Crippen LogP contribution in [-0.4, -0.2) is 23.5 Å². The van der Waals surface area contributed by atoms with Gasteiger partial charge in [0.1, 0.15) is 0 Å². The molecule has 50 valence electrons. The van der Waals surface area contributed by atoms with Crippen molar-refractivity contribution in [2.24, 2.45) is 0 Å². The summed E-state index contributed by atoms with van der Waals surface area (Å²) < 4.78 is 3.00. The van der Waals surface area contributed by atoms with Crippen molar-refractivity contribution in [3.05, 3.63) is 0 Å². The summed E-state index contributed by atoms with van der Waals surface area (Å²) in [7, 11) is 0. The summed E-state index contributed by atoms with van der Waals surface area (Å²) in [5.41, 5.74) is 0. The molecule has 0 unspecified atom stereocenters. The average molecular weight is 135 g/mol. The first kappa shape index (κ1) is 8.27. The second-order valence-electron chi connectivity index (χ2n) is 1.78. The van der Waals surface area contributed by atoms with Gasteiger partial charge in [-0.1, -0.05) is 25.8 Å². The van der Waals surface area contributed by atoms with E-state index in [0.717, 1.165) is 0 Å². The Morgan fingerprint density at radius 1 is 1.62 bits per heavy atom. The Hall–Kier alpha value is 0.270. The van der Waals surface area contributed by atoms with E-state index in [-0.39, 0.29) is 6.61 Å². The molecular formula is C5H13NOS. The molecule has 0 aromatic carbocycles. The van der Waals surface area contributed by atoms with Gasteiger partial charge in [0.25, 0.3) is 0 Å². The first-order valence-corrected chi connectivity index (χ1v) is 3.64. The molecular weight excluding hydrogens is 122 g/mol. The van der Waals surface area contributed by atoms with Crippen LogP contribution in [0.4, 0.5) is 0 Å². The summed E-state index contributed by atoms with van der Waals surface area (Å²) in [6.45, 7) is 5.12. The van der Waals surface area contributed by atoms with Gasteiger partial charge in [0, 0.05) is 11.8 Å².